The molecular weight excluding hydrogens is 342 g/mol. The Hall–Kier alpha value is -1.88. The lowest BCUT2D eigenvalue weighted by Crippen LogP contribution is -2.56. The standard InChI is InChI=1S/C22H29NO4/c1-15-4-2-3-5-18(15)12-23-19(24)13-27-20(25)11-21-7-16-6-17(8-21)10-22(26,9-16)14-21/h2-5,16-17,26H,6-14H2,1H3,(H,23,24)/t16-,17+,21?,22?. The zero-order valence-electron chi connectivity index (χ0n) is 16.0. The molecule has 5 rings (SSSR count). The van der Waals surface area contributed by atoms with Gasteiger partial charge in [0.1, 0.15) is 0 Å². The summed E-state index contributed by atoms with van der Waals surface area (Å²) < 4.78 is 5.26. The maximum Gasteiger partial charge on any atom is 0.306 e. The van der Waals surface area contributed by atoms with Crippen LogP contribution in [-0.2, 0) is 20.9 Å². The van der Waals surface area contributed by atoms with Gasteiger partial charge in [-0.25, -0.2) is 0 Å². The highest BCUT2D eigenvalue weighted by Crippen LogP contribution is 2.62. The predicted molar refractivity (Wildman–Crippen MR) is 101 cm³/mol. The molecule has 5 heteroatoms. The third-order valence-corrected chi connectivity index (χ3v) is 6.77. The molecule has 4 aliphatic rings. The molecule has 2 unspecified atom stereocenters. The van der Waals surface area contributed by atoms with Gasteiger partial charge in [-0.05, 0) is 73.8 Å². The molecule has 0 heterocycles. The van der Waals surface area contributed by atoms with E-state index in [9.17, 15) is 14.7 Å². The number of carbonyl (C=O) groups excluding carboxylic acids is 2. The van der Waals surface area contributed by atoms with Crippen LogP contribution in [0.25, 0.3) is 0 Å². The second-order valence-electron chi connectivity index (χ2n) is 9.23. The summed E-state index contributed by atoms with van der Waals surface area (Å²) in [6.07, 6.45) is 6.04. The lowest BCUT2D eigenvalue weighted by Gasteiger charge is -2.60. The largest absolute Gasteiger partial charge is 0.456 e. The molecule has 1 aromatic carbocycles. The number of carbonyl (C=O) groups is 2. The van der Waals surface area contributed by atoms with Crippen molar-refractivity contribution < 1.29 is 19.4 Å². The first kappa shape index (κ1) is 18.5. The van der Waals surface area contributed by atoms with Crippen LogP contribution < -0.4 is 5.32 Å². The van der Waals surface area contributed by atoms with Gasteiger partial charge in [-0.3, -0.25) is 9.59 Å². The van der Waals surface area contributed by atoms with Crippen LogP contribution in [0.3, 0.4) is 0 Å². The van der Waals surface area contributed by atoms with Crippen LogP contribution in [0.4, 0.5) is 0 Å². The molecule has 0 aliphatic heterocycles. The molecule has 4 saturated carbocycles. The molecule has 2 N–H and O–H groups in total. The number of esters is 1. The molecule has 4 fully saturated rings. The van der Waals surface area contributed by atoms with Gasteiger partial charge in [0.05, 0.1) is 12.0 Å². The van der Waals surface area contributed by atoms with E-state index in [-0.39, 0.29) is 23.9 Å². The van der Waals surface area contributed by atoms with Crippen molar-refractivity contribution >= 4 is 11.9 Å². The van der Waals surface area contributed by atoms with E-state index in [1.807, 2.05) is 31.2 Å². The molecule has 1 aromatic rings. The lowest BCUT2D eigenvalue weighted by atomic mass is 9.47. The highest BCUT2D eigenvalue weighted by Gasteiger charge is 2.57. The van der Waals surface area contributed by atoms with Crippen molar-refractivity contribution in [2.24, 2.45) is 17.3 Å². The topological polar surface area (TPSA) is 75.6 Å². The fraction of sp³-hybridized carbons (Fsp3) is 0.636. The third-order valence-electron chi connectivity index (χ3n) is 6.77. The van der Waals surface area contributed by atoms with E-state index >= 15 is 0 Å². The highest BCUT2D eigenvalue weighted by molar-refractivity contribution is 5.80. The van der Waals surface area contributed by atoms with Crippen molar-refractivity contribution in [3.8, 4) is 0 Å². The van der Waals surface area contributed by atoms with Gasteiger partial charge in [-0.1, -0.05) is 24.3 Å². The minimum Gasteiger partial charge on any atom is -0.456 e. The number of hydrogen-bond acceptors (Lipinski definition) is 4. The molecule has 4 bridgehead atoms. The first-order valence-electron chi connectivity index (χ1n) is 10.0. The van der Waals surface area contributed by atoms with E-state index in [0.29, 0.717) is 31.2 Å². The number of nitrogens with one attached hydrogen (secondary N) is 1. The second-order valence-corrected chi connectivity index (χ2v) is 9.23. The van der Waals surface area contributed by atoms with Crippen LogP contribution in [-0.4, -0.2) is 29.2 Å². The van der Waals surface area contributed by atoms with Crippen molar-refractivity contribution in [2.45, 2.75) is 64.0 Å². The van der Waals surface area contributed by atoms with Gasteiger partial charge < -0.3 is 15.2 Å². The van der Waals surface area contributed by atoms with Crippen molar-refractivity contribution in [1.29, 1.82) is 0 Å². The monoisotopic (exact) mass is 371 g/mol. The number of aryl methyl sites for hydroxylation is 1. The summed E-state index contributed by atoms with van der Waals surface area (Å²) in [5.74, 6) is 0.491. The fourth-order valence-electron chi connectivity index (χ4n) is 6.17. The number of amides is 1. The zero-order chi connectivity index (χ0) is 19.1. The van der Waals surface area contributed by atoms with Crippen LogP contribution >= 0.6 is 0 Å². The first-order chi connectivity index (χ1) is 12.8. The number of hydrogen-bond donors (Lipinski definition) is 2. The second kappa shape index (κ2) is 6.93. The Labute approximate surface area is 160 Å². The summed E-state index contributed by atoms with van der Waals surface area (Å²) in [6.45, 7) is 2.20. The van der Waals surface area contributed by atoms with Gasteiger partial charge >= 0.3 is 5.97 Å². The Kier molecular flexibility index (Phi) is 4.75. The van der Waals surface area contributed by atoms with Crippen molar-refractivity contribution in [3.05, 3.63) is 35.4 Å². The van der Waals surface area contributed by atoms with E-state index in [1.54, 1.807) is 0 Å². The van der Waals surface area contributed by atoms with E-state index in [2.05, 4.69) is 5.32 Å². The fourth-order valence-corrected chi connectivity index (χ4v) is 6.17. The van der Waals surface area contributed by atoms with Gasteiger partial charge in [0.15, 0.2) is 6.61 Å². The summed E-state index contributed by atoms with van der Waals surface area (Å²) in [6, 6.07) is 7.87. The minimum atomic E-state index is -0.574. The summed E-state index contributed by atoms with van der Waals surface area (Å²) in [5.41, 5.74) is 1.48. The third kappa shape index (κ3) is 4.03. The molecule has 27 heavy (non-hydrogen) atoms. The van der Waals surface area contributed by atoms with Crippen LogP contribution in [0.15, 0.2) is 24.3 Å². The van der Waals surface area contributed by atoms with Gasteiger partial charge in [-0.15, -0.1) is 0 Å². The maximum atomic E-state index is 12.4. The summed E-state index contributed by atoms with van der Waals surface area (Å²) in [5, 5.41) is 13.6. The van der Waals surface area contributed by atoms with E-state index < -0.39 is 5.60 Å². The summed E-state index contributed by atoms with van der Waals surface area (Å²) in [4.78, 5) is 24.4. The smallest absolute Gasteiger partial charge is 0.306 e. The Bertz CT molecular complexity index is 730. The molecule has 0 spiro atoms. The molecule has 0 saturated heterocycles. The van der Waals surface area contributed by atoms with E-state index in [0.717, 1.165) is 36.8 Å². The molecular formula is C22H29NO4. The number of benzene rings is 1. The maximum absolute atomic E-state index is 12.4. The van der Waals surface area contributed by atoms with Crippen molar-refractivity contribution in [1.82, 2.24) is 5.32 Å². The predicted octanol–water partition coefficient (Wildman–Crippen LogP) is 2.88. The van der Waals surface area contributed by atoms with Crippen molar-refractivity contribution in [2.75, 3.05) is 6.61 Å². The Morgan fingerprint density at radius 1 is 1.19 bits per heavy atom. The van der Waals surface area contributed by atoms with Crippen LogP contribution in [0.1, 0.15) is 56.1 Å². The Balaban J connectivity index is 1.25. The summed E-state index contributed by atoms with van der Waals surface area (Å²) >= 11 is 0. The molecule has 146 valence electrons. The van der Waals surface area contributed by atoms with E-state index in [1.165, 1.54) is 6.42 Å². The van der Waals surface area contributed by atoms with E-state index in [4.69, 9.17) is 4.74 Å². The average molecular weight is 371 g/mol. The molecule has 5 nitrogen and oxygen atoms in total. The molecule has 0 radical (unpaired) electrons. The number of ether oxygens (including phenoxy) is 1. The van der Waals surface area contributed by atoms with Crippen LogP contribution in [0.2, 0.25) is 0 Å². The normalized spacial score (nSPS) is 33.7. The van der Waals surface area contributed by atoms with Gasteiger partial charge in [0, 0.05) is 6.54 Å². The Morgan fingerprint density at radius 3 is 2.56 bits per heavy atom. The van der Waals surface area contributed by atoms with Gasteiger partial charge in [0.25, 0.3) is 5.91 Å². The van der Waals surface area contributed by atoms with Crippen LogP contribution in [0.5, 0.6) is 0 Å². The molecule has 4 atom stereocenters. The molecule has 4 aliphatic carbocycles. The minimum absolute atomic E-state index is 0.118. The average Bonchev–Trinajstić information content (AvgIpc) is 2.56. The van der Waals surface area contributed by atoms with Gasteiger partial charge in [0.2, 0.25) is 0 Å². The van der Waals surface area contributed by atoms with Crippen LogP contribution in [0, 0.1) is 24.2 Å². The lowest BCUT2D eigenvalue weighted by molar-refractivity contribution is -0.177. The zero-order valence-corrected chi connectivity index (χ0v) is 16.0. The SMILES string of the molecule is Cc1ccccc1CNC(=O)COC(=O)CC12C[C@@H]3C[C@@H](CC(O)(C3)C1)C2. The highest BCUT2D eigenvalue weighted by atomic mass is 16.5. The Morgan fingerprint density at radius 2 is 1.89 bits per heavy atom. The first-order valence-corrected chi connectivity index (χ1v) is 10.0. The van der Waals surface area contributed by atoms with Crippen molar-refractivity contribution in [3.63, 3.8) is 0 Å². The summed E-state index contributed by atoms with van der Waals surface area (Å²) in [7, 11) is 0. The quantitative estimate of drug-likeness (QED) is 0.754. The molecule has 0 aromatic heterocycles. The number of rotatable bonds is 6. The molecule has 1 amide bonds. The number of aliphatic hydroxyl groups is 1. The van der Waals surface area contributed by atoms with Gasteiger partial charge in [-0.2, -0.15) is 0 Å².